The van der Waals surface area contributed by atoms with Gasteiger partial charge < -0.3 is 19.6 Å². The van der Waals surface area contributed by atoms with Gasteiger partial charge in [0.15, 0.2) is 11.5 Å². The van der Waals surface area contributed by atoms with Crippen LogP contribution in [0.1, 0.15) is 38.3 Å². The molecular formula is C21H30N2O4. The number of ketones is 1. The molecule has 0 saturated heterocycles. The molecule has 0 saturated carbocycles. The van der Waals surface area contributed by atoms with Crippen LogP contribution in [0.15, 0.2) is 35.6 Å². The van der Waals surface area contributed by atoms with Gasteiger partial charge in [-0.15, -0.1) is 0 Å². The van der Waals surface area contributed by atoms with Crippen LogP contribution in [0.4, 0.5) is 0 Å². The van der Waals surface area contributed by atoms with Crippen molar-refractivity contribution >= 4 is 11.7 Å². The van der Waals surface area contributed by atoms with Gasteiger partial charge in [0.25, 0.3) is 5.91 Å². The largest absolute Gasteiger partial charge is 0.503 e. The summed E-state index contributed by atoms with van der Waals surface area (Å²) < 4.78 is 5.20. The minimum absolute atomic E-state index is 0.146. The van der Waals surface area contributed by atoms with E-state index in [9.17, 15) is 14.7 Å². The van der Waals surface area contributed by atoms with Crippen LogP contribution < -0.4 is 4.74 Å². The van der Waals surface area contributed by atoms with Crippen LogP contribution in [0.5, 0.6) is 5.75 Å². The van der Waals surface area contributed by atoms with E-state index in [1.165, 1.54) is 0 Å². The van der Waals surface area contributed by atoms with Crippen molar-refractivity contribution in [2.75, 3.05) is 34.3 Å². The van der Waals surface area contributed by atoms with Crippen LogP contribution in [0.3, 0.4) is 0 Å². The van der Waals surface area contributed by atoms with E-state index in [1.54, 1.807) is 24.1 Å². The van der Waals surface area contributed by atoms with Crippen LogP contribution in [0.2, 0.25) is 0 Å². The van der Waals surface area contributed by atoms with Crippen LogP contribution in [0.25, 0.3) is 0 Å². The van der Waals surface area contributed by atoms with Crippen molar-refractivity contribution in [1.82, 2.24) is 9.80 Å². The Hall–Kier alpha value is -2.34. The summed E-state index contributed by atoms with van der Waals surface area (Å²) in [6.45, 7) is 5.18. The molecule has 0 aliphatic carbocycles. The molecule has 148 valence electrons. The van der Waals surface area contributed by atoms with Gasteiger partial charge in [-0.25, -0.2) is 0 Å². The summed E-state index contributed by atoms with van der Waals surface area (Å²) in [6, 6.07) is 6.74. The Bertz CT molecular complexity index is 707. The first-order chi connectivity index (χ1) is 12.8. The first kappa shape index (κ1) is 21.0. The Kier molecular flexibility index (Phi) is 7.02. The highest BCUT2D eigenvalue weighted by atomic mass is 16.5. The van der Waals surface area contributed by atoms with Gasteiger partial charge in [0.2, 0.25) is 0 Å². The Morgan fingerprint density at radius 3 is 2.41 bits per heavy atom. The molecule has 1 aliphatic heterocycles. The van der Waals surface area contributed by atoms with Crippen molar-refractivity contribution in [1.29, 1.82) is 0 Å². The average molecular weight is 374 g/mol. The van der Waals surface area contributed by atoms with Gasteiger partial charge in [0.05, 0.1) is 18.7 Å². The van der Waals surface area contributed by atoms with Gasteiger partial charge >= 0.3 is 0 Å². The standard InChI is InChI=1S/C21H30N2O4/c1-14(2)13-17(24)18-19(15-7-9-16(27-5)10-8-15)23(21(26)20(18)25)12-6-11-22(3)4/h7-10,14,19,25H,6,11-13H2,1-5H3. The molecule has 1 atom stereocenters. The van der Waals surface area contributed by atoms with Gasteiger partial charge in [-0.1, -0.05) is 26.0 Å². The van der Waals surface area contributed by atoms with Crippen molar-refractivity contribution in [3.8, 4) is 5.75 Å². The van der Waals surface area contributed by atoms with Crippen LogP contribution >= 0.6 is 0 Å². The molecule has 1 aliphatic rings. The SMILES string of the molecule is COc1ccc(C2C(C(=O)CC(C)C)=C(O)C(=O)N2CCCN(C)C)cc1. The van der Waals surface area contributed by atoms with E-state index in [0.29, 0.717) is 18.7 Å². The second-order valence-corrected chi connectivity index (χ2v) is 7.61. The third kappa shape index (κ3) is 4.89. The minimum atomic E-state index is -0.559. The number of benzene rings is 1. The molecule has 0 spiro atoms. The van der Waals surface area contributed by atoms with E-state index in [4.69, 9.17) is 4.74 Å². The second-order valence-electron chi connectivity index (χ2n) is 7.61. The predicted octanol–water partition coefficient (Wildman–Crippen LogP) is 2.96. The summed E-state index contributed by atoms with van der Waals surface area (Å²) in [4.78, 5) is 29.2. The number of hydrogen-bond donors (Lipinski definition) is 1. The number of hydrogen-bond acceptors (Lipinski definition) is 5. The zero-order valence-electron chi connectivity index (χ0n) is 16.9. The van der Waals surface area contributed by atoms with Gasteiger partial charge in [-0.3, -0.25) is 9.59 Å². The van der Waals surface area contributed by atoms with Gasteiger partial charge in [0.1, 0.15) is 5.75 Å². The first-order valence-electron chi connectivity index (χ1n) is 9.32. The Balaban J connectivity index is 2.38. The molecule has 6 heteroatoms. The fourth-order valence-electron chi connectivity index (χ4n) is 3.34. The van der Waals surface area contributed by atoms with Crippen molar-refractivity contribution in [2.24, 2.45) is 5.92 Å². The first-order valence-corrected chi connectivity index (χ1v) is 9.32. The van der Waals surface area contributed by atoms with Gasteiger partial charge in [0, 0.05) is 13.0 Å². The maximum absolute atomic E-state index is 12.8. The number of nitrogens with zero attached hydrogens (tertiary/aromatic N) is 2. The molecule has 1 amide bonds. The van der Waals surface area contributed by atoms with E-state index in [1.807, 2.05) is 45.0 Å². The lowest BCUT2D eigenvalue weighted by atomic mass is 9.92. The Morgan fingerprint density at radius 1 is 1.26 bits per heavy atom. The fraction of sp³-hybridized carbons (Fsp3) is 0.524. The fourth-order valence-corrected chi connectivity index (χ4v) is 3.34. The zero-order valence-corrected chi connectivity index (χ0v) is 16.9. The summed E-state index contributed by atoms with van der Waals surface area (Å²) in [5.74, 6) is -0.211. The number of aliphatic hydroxyl groups is 1. The molecule has 27 heavy (non-hydrogen) atoms. The van der Waals surface area contributed by atoms with Crippen molar-refractivity contribution in [3.05, 3.63) is 41.2 Å². The molecule has 1 aromatic rings. The number of Topliss-reactive ketones (excluding diaryl/α,β-unsaturated/α-hetero) is 1. The van der Waals surface area contributed by atoms with E-state index in [2.05, 4.69) is 0 Å². The average Bonchev–Trinajstić information content (AvgIpc) is 2.86. The topological polar surface area (TPSA) is 70.1 Å². The highest BCUT2D eigenvalue weighted by Gasteiger charge is 2.43. The number of rotatable bonds is 9. The number of carbonyl (C=O) groups is 2. The molecule has 1 heterocycles. The van der Waals surface area contributed by atoms with Crippen LogP contribution in [0, 0.1) is 5.92 Å². The third-order valence-electron chi connectivity index (χ3n) is 4.63. The van der Waals surface area contributed by atoms with E-state index in [0.717, 1.165) is 18.5 Å². The van der Waals surface area contributed by atoms with Crippen molar-refractivity contribution < 1.29 is 19.4 Å². The molecule has 0 bridgehead atoms. The third-order valence-corrected chi connectivity index (χ3v) is 4.63. The van der Waals surface area contributed by atoms with Crippen LogP contribution in [-0.4, -0.2) is 60.9 Å². The summed E-state index contributed by atoms with van der Waals surface area (Å²) in [7, 11) is 5.53. The number of methoxy groups -OCH3 is 1. The molecule has 1 aromatic carbocycles. The highest BCUT2D eigenvalue weighted by molar-refractivity contribution is 6.09. The van der Waals surface area contributed by atoms with Crippen molar-refractivity contribution in [3.63, 3.8) is 0 Å². The van der Waals surface area contributed by atoms with Crippen LogP contribution in [-0.2, 0) is 9.59 Å². The summed E-state index contributed by atoms with van der Waals surface area (Å²) in [5.41, 5.74) is 1.01. The maximum Gasteiger partial charge on any atom is 0.290 e. The Morgan fingerprint density at radius 2 is 1.89 bits per heavy atom. The molecule has 6 nitrogen and oxygen atoms in total. The highest BCUT2D eigenvalue weighted by Crippen LogP contribution is 2.39. The summed E-state index contributed by atoms with van der Waals surface area (Å²) in [5, 5.41) is 10.5. The van der Waals surface area contributed by atoms with Crippen molar-refractivity contribution in [2.45, 2.75) is 32.7 Å². The normalized spacial score (nSPS) is 17.4. The molecule has 1 unspecified atom stereocenters. The quantitative estimate of drug-likeness (QED) is 0.720. The minimum Gasteiger partial charge on any atom is -0.503 e. The lowest BCUT2D eigenvalue weighted by molar-refractivity contribution is -0.129. The smallest absolute Gasteiger partial charge is 0.290 e. The molecule has 2 rings (SSSR count). The summed E-state index contributed by atoms with van der Waals surface area (Å²) in [6.07, 6.45) is 1.05. The van der Waals surface area contributed by atoms with Gasteiger partial charge in [-0.05, 0) is 50.7 Å². The Labute approximate surface area is 161 Å². The number of carbonyl (C=O) groups excluding carboxylic acids is 2. The molecule has 0 fully saturated rings. The van der Waals surface area contributed by atoms with E-state index < -0.39 is 17.7 Å². The molecule has 0 radical (unpaired) electrons. The lowest BCUT2D eigenvalue weighted by Crippen LogP contribution is -2.33. The number of amides is 1. The summed E-state index contributed by atoms with van der Waals surface area (Å²) >= 11 is 0. The number of ether oxygens (including phenoxy) is 1. The second kappa shape index (κ2) is 9.04. The van der Waals surface area contributed by atoms with E-state index in [-0.39, 0.29) is 17.3 Å². The number of aliphatic hydroxyl groups excluding tert-OH is 1. The molecule has 1 N–H and O–H groups in total. The van der Waals surface area contributed by atoms with E-state index >= 15 is 0 Å². The predicted molar refractivity (Wildman–Crippen MR) is 105 cm³/mol. The maximum atomic E-state index is 12.8. The monoisotopic (exact) mass is 374 g/mol. The van der Waals surface area contributed by atoms with Gasteiger partial charge in [-0.2, -0.15) is 0 Å². The lowest BCUT2D eigenvalue weighted by Gasteiger charge is -2.27. The zero-order chi connectivity index (χ0) is 20.1. The molecule has 0 aromatic heterocycles. The molecular weight excluding hydrogens is 344 g/mol.